The fourth-order valence-electron chi connectivity index (χ4n) is 1.61. The van der Waals surface area contributed by atoms with Gasteiger partial charge >= 0.3 is 11.9 Å². The normalized spacial score (nSPS) is 37.2. The van der Waals surface area contributed by atoms with Gasteiger partial charge in [0.2, 0.25) is 0 Å². The molecule has 3 fully saturated rings. The Morgan fingerprint density at radius 2 is 1.35 bits per heavy atom. The van der Waals surface area contributed by atoms with Gasteiger partial charge in [-0.3, -0.25) is 9.59 Å². The van der Waals surface area contributed by atoms with E-state index < -0.39 is 0 Å². The van der Waals surface area contributed by atoms with Gasteiger partial charge in [0, 0.05) is 0 Å². The molecule has 6 nitrogen and oxygen atoms in total. The van der Waals surface area contributed by atoms with E-state index in [0.29, 0.717) is 32.8 Å². The third-order valence-corrected chi connectivity index (χ3v) is 3.02. The van der Waals surface area contributed by atoms with E-state index in [0.717, 1.165) is 0 Å². The predicted molar refractivity (Wildman–Crippen MR) is 53.0 cm³/mol. The van der Waals surface area contributed by atoms with Gasteiger partial charge in [0.1, 0.15) is 25.4 Å². The summed E-state index contributed by atoms with van der Waals surface area (Å²) >= 11 is 0. The largest absolute Gasteiger partial charge is 0.463 e. The minimum Gasteiger partial charge on any atom is -0.463 e. The molecule has 0 N–H and O–H groups in total. The monoisotopic (exact) mass is 242 g/mol. The Balaban J connectivity index is 1.35. The summed E-state index contributed by atoms with van der Waals surface area (Å²) in [6.45, 7) is 1.91. The molecule has 0 amide bonds. The van der Waals surface area contributed by atoms with Crippen LogP contribution < -0.4 is 0 Å². The molecule has 1 aliphatic carbocycles. The van der Waals surface area contributed by atoms with Crippen LogP contribution in [0.15, 0.2) is 0 Å². The number of ether oxygens (including phenoxy) is 4. The molecule has 94 valence electrons. The number of rotatable bonds is 6. The van der Waals surface area contributed by atoms with Crippen LogP contribution in [0.4, 0.5) is 0 Å². The summed E-state index contributed by atoms with van der Waals surface area (Å²) in [6.07, 6.45) is 0.666. The van der Waals surface area contributed by atoms with Gasteiger partial charge in [0.05, 0.1) is 25.0 Å². The third-order valence-electron chi connectivity index (χ3n) is 3.02. The Labute approximate surface area is 98.1 Å². The lowest BCUT2D eigenvalue weighted by atomic mass is 10.3. The zero-order valence-corrected chi connectivity index (χ0v) is 9.29. The Morgan fingerprint density at radius 3 is 1.71 bits per heavy atom. The van der Waals surface area contributed by atoms with Crippen molar-refractivity contribution >= 4 is 11.9 Å². The third kappa shape index (κ3) is 2.95. The van der Waals surface area contributed by atoms with Gasteiger partial charge in [0.25, 0.3) is 0 Å². The lowest BCUT2D eigenvalue weighted by Crippen LogP contribution is -2.17. The standard InChI is InChI=1S/C11H14O6/c12-10(16-4-6-2-14-6)8-1-9(8)11(13)17-5-7-3-15-7/h6-9H,1-5H2. The average molecular weight is 242 g/mol. The summed E-state index contributed by atoms with van der Waals surface area (Å²) in [6, 6.07) is 0. The highest BCUT2D eigenvalue weighted by molar-refractivity contribution is 5.87. The number of epoxide rings is 2. The minimum atomic E-state index is -0.318. The van der Waals surface area contributed by atoms with E-state index in [1.54, 1.807) is 0 Å². The fourth-order valence-corrected chi connectivity index (χ4v) is 1.61. The Kier molecular flexibility index (Phi) is 2.76. The van der Waals surface area contributed by atoms with Crippen LogP contribution >= 0.6 is 0 Å². The first kappa shape index (κ1) is 11.0. The van der Waals surface area contributed by atoms with Crippen molar-refractivity contribution in [2.24, 2.45) is 11.8 Å². The van der Waals surface area contributed by atoms with Crippen LogP contribution in [0.1, 0.15) is 6.42 Å². The highest BCUT2D eigenvalue weighted by atomic mass is 16.6. The second-order valence-electron chi connectivity index (χ2n) is 4.62. The highest BCUT2D eigenvalue weighted by Gasteiger charge is 2.51. The van der Waals surface area contributed by atoms with Gasteiger partial charge in [0.15, 0.2) is 0 Å². The van der Waals surface area contributed by atoms with Crippen LogP contribution in [0.25, 0.3) is 0 Å². The molecular weight excluding hydrogens is 228 g/mol. The van der Waals surface area contributed by atoms with Crippen LogP contribution in [0.5, 0.6) is 0 Å². The fraction of sp³-hybridized carbons (Fsp3) is 0.818. The summed E-state index contributed by atoms with van der Waals surface area (Å²) in [7, 11) is 0. The average Bonchev–Trinajstić information content (AvgIpc) is 3.14. The van der Waals surface area contributed by atoms with Crippen LogP contribution in [0.3, 0.4) is 0 Å². The second-order valence-corrected chi connectivity index (χ2v) is 4.62. The molecule has 1 saturated carbocycles. The molecule has 4 unspecified atom stereocenters. The molecule has 17 heavy (non-hydrogen) atoms. The predicted octanol–water partition coefficient (Wildman–Crippen LogP) is -0.494. The van der Waals surface area contributed by atoms with Crippen molar-refractivity contribution in [3.8, 4) is 0 Å². The summed E-state index contributed by atoms with van der Waals surface area (Å²) in [5.74, 6) is -1.27. The van der Waals surface area contributed by atoms with E-state index in [1.165, 1.54) is 0 Å². The van der Waals surface area contributed by atoms with Crippen molar-refractivity contribution in [3.05, 3.63) is 0 Å². The number of carbonyl (C=O) groups is 2. The van der Waals surface area contributed by atoms with Gasteiger partial charge in [-0.15, -0.1) is 0 Å². The second kappa shape index (κ2) is 4.27. The number of carbonyl (C=O) groups excluding carboxylic acids is 2. The van der Waals surface area contributed by atoms with Crippen molar-refractivity contribution < 1.29 is 28.5 Å². The van der Waals surface area contributed by atoms with Crippen LogP contribution in [0, 0.1) is 11.8 Å². The quantitative estimate of drug-likeness (QED) is 0.462. The molecule has 4 atom stereocenters. The molecule has 0 aromatic carbocycles. The van der Waals surface area contributed by atoms with E-state index in [1.807, 2.05) is 0 Å². The number of hydrogen-bond acceptors (Lipinski definition) is 6. The van der Waals surface area contributed by atoms with Crippen molar-refractivity contribution in [2.45, 2.75) is 18.6 Å². The maximum atomic E-state index is 11.5. The van der Waals surface area contributed by atoms with Gasteiger partial charge in [-0.25, -0.2) is 0 Å². The van der Waals surface area contributed by atoms with Gasteiger partial charge in [-0.2, -0.15) is 0 Å². The molecule has 2 heterocycles. The highest BCUT2D eigenvalue weighted by Crippen LogP contribution is 2.40. The van der Waals surface area contributed by atoms with E-state index in [9.17, 15) is 9.59 Å². The van der Waals surface area contributed by atoms with E-state index >= 15 is 0 Å². The maximum Gasteiger partial charge on any atom is 0.309 e. The summed E-state index contributed by atoms with van der Waals surface area (Å²) in [5, 5.41) is 0. The van der Waals surface area contributed by atoms with Gasteiger partial charge in [-0.05, 0) is 6.42 Å². The van der Waals surface area contributed by atoms with Crippen LogP contribution in [-0.4, -0.2) is 50.6 Å². The van der Waals surface area contributed by atoms with Crippen molar-refractivity contribution in [2.75, 3.05) is 26.4 Å². The van der Waals surface area contributed by atoms with E-state index in [4.69, 9.17) is 18.9 Å². The van der Waals surface area contributed by atoms with E-state index in [-0.39, 0.29) is 36.0 Å². The van der Waals surface area contributed by atoms with Crippen LogP contribution in [-0.2, 0) is 28.5 Å². The van der Waals surface area contributed by atoms with Crippen molar-refractivity contribution in [1.29, 1.82) is 0 Å². The number of esters is 2. The van der Waals surface area contributed by atoms with Gasteiger partial charge in [-0.1, -0.05) is 0 Å². The Bertz CT molecular complexity index is 301. The molecule has 2 aliphatic heterocycles. The molecule has 3 aliphatic rings. The first-order valence-electron chi connectivity index (χ1n) is 5.80. The molecule has 0 radical (unpaired) electrons. The lowest BCUT2D eigenvalue weighted by molar-refractivity contribution is -0.151. The SMILES string of the molecule is O=C(OCC1CO1)C1CC1C(=O)OCC1CO1. The first-order chi connectivity index (χ1) is 8.24. The van der Waals surface area contributed by atoms with Crippen molar-refractivity contribution in [1.82, 2.24) is 0 Å². The smallest absolute Gasteiger partial charge is 0.309 e. The first-order valence-corrected chi connectivity index (χ1v) is 5.80. The Hall–Kier alpha value is -1.14. The molecular formula is C11H14O6. The Morgan fingerprint density at radius 1 is 0.941 bits per heavy atom. The molecule has 0 aromatic rings. The van der Waals surface area contributed by atoms with Crippen LogP contribution in [0.2, 0.25) is 0 Å². The topological polar surface area (TPSA) is 77.7 Å². The molecule has 6 heteroatoms. The summed E-state index contributed by atoms with van der Waals surface area (Å²) in [4.78, 5) is 23.0. The summed E-state index contributed by atoms with van der Waals surface area (Å²) < 4.78 is 19.9. The number of hydrogen-bond donors (Lipinski definition) is 0. The minimum absolute atomic E-state index is 0.0649. The molecule has 2 saturated heterocycles. The lowest BCUT2D eigenvalue weighted by Gasteiger charge is -2.03. The summed E-state index contributed by atoms with van der Waals surface area (Å²) in [5.41, 5.74) is 0. The zero-order valence-electron chi connectivity index (χ0n) is 9.29. The van der Waals surface area contributed by atoms with E-state index in [2.05, 4.69) is 0 Å². The van der Waals surface area contributed by atoms with Crippen molar-refractivity contribution in [3.63, 3.8) is 0 Å². The molecule has 0 aromatic heterocycles. The maximum absolute atomic E-state index is 11.5. The molecule has 3 rings (SSSR count). The molecule has 0 spiro atoms. The van der Waals surface area contributed by atoms with Gasteiger partial charge < -0.3 is 18.9 Å². The zero-order chi connectivity index (χ0) is 11.8. The molecule has 0 bridgehead atoms.